The van der Waals surface area contributed by atoms with Gasteiger partial charge in [-0.1, -0.05) is 330 Å². The van der Waals surface area contributed by atoms with Crippen molar-refractivity contribution in [2.24, 2.45) is 11.8 Å². The molecule has 0 amide bonds. The number of carbonyl (C=O) groups excluding carboxylic acids is 4. The highest BCUT2D eigenvalue weighted by Crippen LogP contribution is 2.45. The van der Waals surface area contributed by atoms with E-state index in [0.717, 1.165) is 108 Å². The first-order valence-electron chi connectivity index (χ1n) is 38.6. The summed E-state index contributed by atoms with van der Waals surface area (Å²) in [5, 5.41) is 10.6. The largest absolute Gasteiger partial charge is 0.472 e. The van der Waals surface area contributed by atoms with Crippen LogP contribution in [0.4, 0.5) is 0 Å². The first-order valence-corrected chi connectivity index (χ1v) is 41.6. The molecule has 93 heavy (non-hydrogen) atoms. The van der Waals surface area contributed by atoms with Crippen molar-refractivity contribution < 1.29 is 80.2 Å². The molecule has 7 atom stereocenters. The van der Waals surface area contributed by atoms with Crippen LogP contribution >= 0.6 is 15.6 Å². The first kappa shape index (κ1) is 91.1. The van der Waals surface area contributed by atoms with E-state index in [4.69, 9.17) is 37.0 Å². The van der Waals surface area contributed by atoms with Crippen molar-refractivity contribution in [1.29, 1.82) is 0 Å². The second-order valence-corrected chi connectivity index (χ2v) is 30.1. The van der Waals surface area contributed by atoms with Gasteiger partial charge in [-0.25, -0.2) is 9.13 Å². The fourth-order valence-electron chi connectivity index (χ4n) is 11.2. The van der Waals surface area contributed by atoms with Crippen molar-refractivity contribution in [3.63, 3.8) is 0 Å². The summed E-state index contributed by atoms with van der Waals surface area (Å²) in [5.41, 5.74) is 0. The molecule has 4 unspecified atom stereocenters. The van der Waals surface area contributed by atoms with Gasteiger partial charge in [-0.2, -0.15) is 0 Å². The lowest BCUT2D eigenvalue weighted by Gasteiger charge is -2.21. The predicted octanol–water partition coefficient (Wildman–Crippen LogP) is 21.6. The van der Waals surface area contributed by atoms with E-state index in [1.165, 1.54) is 193 Å². The van der Waals surface area contributed by atoms with Gasteiger partial charge < -0.3 is 33.8 Å². The van der Waals surface area contributed by atoms with Gasteiger partial charge in [0.15, 0.2) is 12.2 Å². The molecule has 0 fully saturated rings. The van der Waals surface area contributed by atoms with Crippen molar-refractivity contribution in [3.05, 3.63) is 0 Å². The van der Waals surface area contributed by atoms with Gasteiger partial charge in [-0.15, -0.1) is 0 Å². The molecule has 19 heteroatoms. The lowest BCUT2D eigenvalue weighted by atomic mass is 9.99. The highest BCUT2D eigenvalue weighted by molar-refractivity contribution is 7.47. The number of phosphoric acid groups is 2. The molecule has 0 saturated heterocycles. The predicted molar refractivity (Wildman–Crippen MR) is 377 cm³/mol. The molecule has 0 heterocycles. The van der Waals surface area contributed by atoms with Crippen LogP contribution in [-0.4, -0.2) is 96.7 Å². The minimum Gasteiger partial charge on any atom is -0.462 e. The van der Waals surface area contributed by atoms with Crippen molar-refractivity contribution in [1.82, 2.24) is 0 Å². The summed E-state index contributed by atoms with van der Waals surface area (Å²) >= 11 is 0. The Bertz CT molecular complexity index is 1810. The number of aliphatic hydroxyl groups is 1. The van der Waals surface area contributed by atoms with Gasteiger partial charge >= 0.3 is 39.5 Å². The maximum Gasteiger partial charge on any atom is 0.472 e. The number of ether oxygens (including phenoxy) is 4. The molecule has 0 saturated carbocycles. The zero-order valence-electron chi connectivity index (χ0n) is 60.6. The van der Waals surface area contributed by atoms with Crippen LogP contribution in [0.3, 0.4) is 0 Å². The SMILES string of the molecule is CCCCCCCCCCCC(=O)O[C@H](COC(=O)CCCCCCCCCC)COP(=O)(O)OC[C@H](O)COP(=O)(O)OC[C@@H](COC(=O)CCCCCCCCCCCCC(C)CC)OC(=O)CCCCCCCCCCCCCCCCCCCCC(C)CC. The van der Waals surface area contributed by atoms with Crippen LogP contribution in [0, 0.1) is 11.8 Å². The Kier molecular flexibility index (Phi) is 64.6. The zero-order chi connectivity index (χ0) is 68.6. The third-order valence-corrected chi connectivity index (χ3v) is 19.8. The lowest BCUT2D eigenvalue weighted by molar-refractivity contribution is -0.161. The number of unbranched alkanes of at least 4 members (excludes halogenated alkanes) is 41. The van der Waals surface area contributed by atoms with Crippen LogP contribution in [-0.2, 0) is 65.4 Å². The number of rotatable bonds is 73. The maximum atomic E-state index is 13.1. The normalized spacial score (nSPS) is 14.6. The fourth-order valence-corrected chi connectivity index (χ4v) is 12.8. The van der Waals surface area contributed by atoms with E-state index >= 15 is 0 Å². The minimum atomic E-state index is -4.95. The molecular weight excluding hydrogens is 1220 g/mol. The number of aliphatic hydroxyl groups excluding tert-OH is 1. The molecule has 0 aliphatic carbocycles. The Morgan fingerprint density at radius 3 is 0.763 bits per heavy atom. The highest BCUT2D eigenvalue weighted by Gasteiger charge is 2.30. The van der Waals surface area contributed by atoms with E-state index < -0.39 is 97.5 Å². The van der Waals surface area contributed by atoms with E-state index in [9.17, 15) is 43.2 Å². The van der Waals surface area contributed by atoms with Crippen molar-refractivity contribution in [2.45, 2.75) is 400 Å². The van der Waals surface area contributed by atoms with E-state index in [2.05, 4.69) is 41.5 Å². The molecule has 0 aliphatic rings. The summed E-state index contributed by atoms with van der Waals surface area (Å²) in [4.78, 5) is 72.5. The van der Waals surface area contributed by atoms with Crippen molar-refractivity contribution in [3.8, 4) is 0 Å². The molecule has 0 radical (unpaired) electrons. The molecule has 552 valence electrons. The van der Waals surface area contributed by atoms with Crippen molar-refractivity contribution in [2.75, 3.05) is 39.6 Å². The smallest absolute Gasteiger partial charge is 0.462 e. The van der Waals surface area contributed by atoms with Gasteiger partial charge in [0, 0.05) is 25.7 Å². The minimum absolute atomic E-state index is 0.106. The van der Waals surface area contributed by atoms with Crippen LogP contribution in [0.5, 0.6) is 0 Å². The number of hydrogen-bond acceptors (Lipinski definition) is 15. The molecule has 0 bridgehead atoms. The topological polar surface area (TPSA) is 237 Å². The number of carbonyl (C=O) groups is 4. The third-order valence-electron chi connectivity index (χ3n) is 17.9. The Morgan fingerprint density at radius 1 is 0.301 bits per heavy atom. The standard InChI is InChI=1S/C74H144O17P2/c1-7-11-13-15-17-31-40-46-52-58-73(78)90-69(62-84-71(76)56-50-44-38-18-16-14-12-8-2)64-88-92(80,81)86-60-68(75)61-87-93(82,83)89-65-70(63-85-72(77)57-51-45-39-34-30-29-33-37-43-49-55-67(6)10-4)91-74(79)59-53-47-41-35-28-26-24-22-20-19-21-23-25-27-32-36-42-48-54-66(5)9-3/h66-70,75H,7-65H2,1-6H3,(H,80,81)(H,82,83)/t66?,67?,68-,69+,70+/m0/s1. The lowest BCUT2D eigenvalue weighted by Crippen LogP contribution is -2.30. The monoisotopic (exact) mass is 1370 g/mol. The zero-order valence-corrected chi connectivity index (χ0v) is 62.3. The van der Waals surface area contributed by atoms with Crippen LogP contribution in [0.1, 0.15) is 382 Å². The third kappa shape index (κ3) is 65.8. The second-order valence-electron chi connectivity index (χ2n) is 27.2. The molecule has 0 aromatic carbocycles. The summed E-state index contributed by atoms with van der Waals surface area (Å²) < 4.78 is 68.3. The van der Waals surface area contributed by atoms with Crippen LogP contribution in [0.2, 0.25) is 0 Å². The molecule has 0 rings (SSSR count). The number of phosphoric ester groups is 2. The fraction of sp³-hybridized carbons (Fsp3) is 0.946. The molecular formula is C74H144O17P2. The molecule has 0 spiro atoms. The van der Waals surface area contributed by atoms with Gasteiger partial charge in [0.2, 0.25) is 0 Å². The summed E-state index contributed by atoms with van der Waals surface area (Å²) in [6.07, 6.45) is 52.8. The Morgan fingerprint density at radius 2 is 0.516 bits per heavy atom. The average molecular weight is 1370 g/mol. The second kappa shape index (κ2) is 66.0. The number of hydrogen-bond donors (Lipinski definition) is 3. The quantitative estimate of drug-likeness (QED) is 0.0222. The number of esters is 4. The maximum absolute atomic E-state index is 13.1. The van der Waals surface area contributed by atoms with E-state index in [1.807, 2.05) is 0 Å². The van der Waals surface area contributed by atoms with E-state index in [0.29, 0.717) is 25.7 Å². The Hall–Kier alpha value is -1.94. The van der Waals surface area contributed by atoms with Crippen LogP contribution in [0.25, 0.3) is 0 Å². The first-order chi connectivity index (χ1) is 44.9. The molecule has 0 aromatic heterocycles. The van der Waals surface area contributed by atoms with Crippen LogP contribution < -0.4 is 0 Å². The highest BCUT2D eigenvalue weighted by atomic mass is 31.2. The van der Waals surface area contributed by atoms with Gasteiger partial charge in [-0.05, 0) is 37.5 Å². The summed E-state index contributed by atoms with van der Waals surface area (Å²) in [6, 6.07) is 0. The van der Waals surface area contributed by atoms with Gasteiger partial charge in [0.05, 0.1) is 26.4 Å². The molecule has 0 aromatic rings. The Labute approximate surface area is 568 Å². The van der Waals surface area contributed by atoms with E-state index in [-0.39, 0.29) is 25.7 Å². The van der Waals surface area contributed by atoms with Gasteiger partial charge in [0.1, 0.15) is 19.3 Å². The van der Waals surface area contributed by atoms with Crippen LogP contribution in [0.15, 0.2) is 0 Å². The molecule has 0 aliphatic heterocycles. The molecule has 3 N–H and O–H groups in total. The summed E-state index contributed by atoms with van der Waals surface area (Å²) in [7, 11) is -9.90. The van der Waals surface area contributed by atoms with Gasteiger partial charge in [-0.3, -0.25) is 37.3 Å². The van der Waals surface area contributed by atoms with Gasteiger partial charge in [0.25, 0.3) is 0 Å². The van der Waals surface area contributed by atoms with E-state index in [1.54, 1.807) is 0 Å². The van der Waals surface area contributed by atoms with Crippen molar-refractivity contribution >= 4 is 39.5 Å². The Balaban J connectivity index is 5.15. The average Bonchev–Trinajstić information content (AvgIpc) is 3.76. The molecule has 17 nitrogen and oxygen atoms in total. The summed E-state index contributed by atoms with van der Waals surface area (Å²) in [6.45, 7) is 9.63. The summed E-state index contributed by atoms with van der Waals surface area (Å²) in [5.74, 6) is -0.443.